The minimum Gasteiger partial charge on any atom is -0.328 e. The summed E-state index contributed by atoms with van der Waals surface area (Å²) in [7, 11) is 0. The lowest BCUT2D eigenvalue weighted by molar-refractivity contribution is 0.393. The van der Waals surface area contributed by atoms with Crippen LogP contribution in [0.2, 0.25) is 0 Å². The van der Waals surface area contributed by atoms with Gasteiger partial charge in [0.15, 0.2) is 0 Å². The van der Waals surface area contributed by atoms with Crippen molar-refractivity contribution in [1.82, 2.24) is 0 Å². The van der Waals surface area contributed by atoms with Crippen molar-refractivity contribution in [2.75, 3.05) is 0 Å². The van der Waals surface area contributed by atoms with Crippen molar-refractivity contribution in [2.45, 2.75) is 31.7 Å². The van der Waals surface area contributed by atoms with Crippen molar-refractivity contribution in [3.63, 3.8) is 0 Å². The summed E-state index contributed by atoms with van der Waals surface area (Å²) >= 11 is 1.22. The van der Waals surface area contributed by atoms with Crippen molar-refractivity contribution in [3.05, 3.63) is 0 Å². The summed E-state index contributed by atoms with van der Waals surface area (Å²) < 4.78 is 0. The fourth-order valence-corrected chi connectivity index (χ4v) is 2.10. The molecule has 0 amide bonds. The number of rotatable bonds is 2. The second-order valence-electron chi connectivity index (χ2n) is 3.21. The monoisotopic (exact) mass is 185 g/mol. The van der Waals surface area contributed by atoms with E-state index in [-0.39, 0.29) is 0 Å². The minimum atomic E-state index is 0.346. The van der Waals surface area contributed by atoms with E-state index in [1.54, 1.807) is 0 Å². The third-order valence-electron chi connectivity index (χ3n) is 2.33. The van der Waals surface area contributed by atoms with Gasteiger partial charge in [-0.1, -0.05) is 11.8 Å². The molecule has 0 aromatic rings. The largest absolute Gasteiger partial charge is 0.328 e. The Balaban J connectivity index is 2.33. The van der Waals surface area contributed by atoms with Crippen LogP contribution in [0.5, 0.6) is 0 Å². The van der Waals surface area contributed by atoms with Gasteiger partial charge in [-0.25, -0.2) is 0 Å². The molecule has 0 heterocycles. The lowest BCUT2D eigenvalue weighted by atomic mass is 9.87. The van der Waals surface area contributed by atoms with Crippen LogP contribution in [0.15, 0.2) is 0 Å². The van der Waals surface area contributed by atoms with Gasteiger partial charge >= 0.3 is 0 Å². The van der Waals surface area contributed by atoms with Gasteiger partial charge in [0.1, 0.15) is 0 Å². The molecule has 0 radical (unpaired) electrons. The van der Waals surface area contributed by atoms with Crippen LogP contribution in [0, 0.1) is 16.7 Å². The molecule has 12 heavy (non-hydrogen) atoms. The summed E-state index contributed by atoms with van der Waals surface area (Å²) in [5.41, 5.74) is 6.98. The zero-order valence-electron chi connectivity index (χ0n) is 7.05. The summed E-state index contributed by atoms with van der Waals surface area (Å²) in [5, 5.41) is 15.1. The summed E-state index contributed by atoms with van der Waals surface area (Å²) in [4.78, 5) is 0. The molecule has 0 aromatic carbocycles. The van der Waals surface area contributed by atoms with Crippen molar-refractivity contribution < 1.29 is 0 Å². The maximum absolute atomic E-state index is 7.62. The molecule has 4 heteroatoms. The molecule has 1 rings (SSSR count). The molecular formula is C8H15N3S. The molecule has 0 spiro atoms. The second-order valence-corrected chi connectivity index (χ2v) is 4.12. The first-order valence-corrected chi connectivity index (χ1v) is 5.11. The number of hydrogen-bond acceptors (Lipinski definition) is 4. The summed E-state index contributed by atoms with van der Waals surface area (Å²) in [5.74, 6) is 0.372. The van der Waals surface area contributed by atoms with E-state index >= 15 is 0 Å². The topological polar surface area (TPSA) is 73.7 Å². The van der Waals surface area contributed by atoms with Gasteiger partial charge in [0, 0.05) is 12.0 Å². The highest BCUT2D eigenvalue weighted by molar-refractivity contribution is 8.24. The Morgan fingerprint density at radius 3 is 2.42 bits per heavy atom. The van der Waals surface area contributed by atoms with Crippen LogP contribution in [0.4, 0.5) is 0 Å². The van der Waals surface area contributed by atoms with Gasteiger partial charge in [-0.05, 0) is 25.7 Å². The van der Waals surface area contributed by atoms with Gasteiger partial charge in [0.2, 0.25) is 0 Å². The predicted octanol–water partition coefficient (Wildman–Crippen LogP) is 1.82. The first-order chi connectivity index (χ1) is 5.74. The average Bonchev–Trinajstić information content (AvgIpc) is 2.06. The molecule has 4 N–H and O–H groups in total. The zero-order chi connectivity index (χ0) is 8.97. The molecular weight excluding hydrogens is 170 g/mol. The van der Waals surface area contributed by atoms with E-state index in [4.69, 9.17) is 16.6 Å². The normalized spacial score (nSPS) is 29.8. The molecule has 0 atom stereocenters. The molecule has 0 aliphatic heterocycles. The molecule has 0 unspecified atom stereocenters. The van der Waals surface area contributed by atoms with Crippen LogP contribution in [0.25, 0.3) is 0 Å². The molecule has 1 fully saturated rings. The predicted molar refractivity (Wildman–Crippen MR) is 54.0 cm³/mol. The van der Waals surface area contributed by atoms with E-state index < -0.39 is 0 Å². The summed E-state index contributed by atoms with van der Waals surface area (Å²) in [6.07, 6.45) is 4.12. The molecule has 3 nitrogen and oxygen atoms in total. The standard InChI is InChI=1S/C8H15N3S/c9-5-12-8(11)6-1-3-7(10)4-2-6/h5-7,9,11H,1-4,10H2. The molecule has 1 saturated carbocycles. The average molecular weight is 185 g/mol. The van der Waals surface area contributed by atoms with Crippen molar-refractivity contribution in [2.24, 2.45) is 11.7 Å². The number of nitrogens with two attached hydrogens (primary N) is 1. The SMILES string of the molecule is N=CSC(=N)C1CCC(N)CC1. The summed E-state index contributed by atoms with van der Waals surface area (Å²) in [6, 6.07) is 0.346. The molecule has 0 saturated heterocycles. The van der Waals surface area contributed by atoms with E-state index in [0.29, 0.717) is 17.0 Å². The van der Waals surface area contributed by atoms with E-state index in [1.807, 2.05) is 0 Å². The molecule has 68 valence electrons. The van der Waals surface area contributed by atoms with Gasteiger partial charge in [-0.15, -0.1) is 0 Å². The Morgan fingerprint density at radius 1 is 1.33 bits per heavy atom. The highest BCUT2D eigenvalue weighted by Gasteiger charge is 2.21. The first kappa shape index (κ1) is 9.74. The van der Waals surface area contributed by atoms with Crippen LogP contribution >= 0.6 is 11.8 Å². The van der Waals surface area contributed by atoms with Crippen LogP contribution in [0.1, 0.15) is 25.7 Å². The quantitative estimate of drug-likeness (QED) is 0.453. The second kappa shape index (κ2) is 4.62. The Morgan fingerprint density at radius 2 is 1.92 bits per heavy atom. The number of nitrogens with one attached hydrogen (secondary N) is 2. The third-order valence-corrected chi connectivity index (χ3v) is 3.03. The Kier molecular flexibility index (Phi) is 3.75. The molecule has 0 aromatic heterocycles. The fraction of sp³-hybridized carbons (Fsp3) is 0.750. The van der Waals surface area contributed by atoms with Crippen LogP contribution in [-0.2, 0) is 0 Å². The smallest absolute Gasteiger partial charge is 0.0728 e. The van der Waals surface area contributed by atoms with Crippen LogP contribution < -0.4 is 5.73 Å². The van der Waals surface area contributed by atoms with E-state index in [1.165, 1.54) is 17.3 Å². The van der Waals surface area contributed by atoms with Crippen LogP contribution in [-0.4, -0.2) is 16.6 Å². The molecule has 0 bridgehead atoms. The maximum atomic E-state index is 7.62. The summed E-state index contributed by atoms with van der Waals surface area (Å²) in [6.45, 7) is 0. The Hall–Kier alpha value is -0.350. The third kappa shape index (κ3) is 2.60. The lowest BCUT2D eigenvalue weighted by Gasteiger charge is -2.25. The highest BCUT2D eigenvalue weighted by Crippen LogP contribution is 2.26. The minimum absolute atomic E-state index is 0.346. The van der Waals surface area contributed by atoms with Crippen LogP contribution in [0.3, 0.4) is 0 Å². The van der Waals surface area contributed by atoms with E-state index in [9.17, 15) is 0 Å². The number of hydrogen-bond donors (Lipinski definition) is 3. The molecule has 1 aliphatic carbocycles. The fourth-order valence-electron chi connectivity index (χ4n) is 1.54. The Labute approximate surface area is 77.1 Å². The first-order valence-electron chi connectivity index (χ1n) is 4.23. The van der Waals surface area contributed by atoms with Crippen molar-refractivity contribution in [3.8, 4) is 0 Å². The number of thioether (sulfide) groups is 1. The van der Waals surface area contributed by atoms with Gasteiger partial charge in [-0.2, -0.15) is 0 Å². The van der Waals surface area contributed by atoms with Gasteiger partial charge < -0.3 is 11.1 Å². The zero-order valence-corrected chi connectivity index (χ0v) is 7.86. The molecule has 1 aliphatic rings. The van der Waals surface area contributed by atoms with Gasteiger partial charge in [0.25, 0.3) is 0 Å². The highest BCUT2D eigenvalue weighted by atomic mass is 32.2. The maximum Gasteiger partial charge on any atom is 0.0728 e. The van der Waals surface area contributed by atoms with Crippen molar-refractivity contribution >= 4 is 22.4 Å². The van der Waals surface area contributed by atoms with Gasteiger partial charge in [-0.3, -0.25) is 5.41 Å². The Bertz CT molecular complexity index is 173. The van der Waals surface area contributed by atoms with Crippen molar-refractivity contribution in [1.29, 1.82) is 10.8 Å². The lowest BCUT2D eigenvalue weighted by Crippen LogP contribution is -2.28. The van der Waals surface area contributed by atoms with Gasteiger partial charge in [0.05, 0.1) is 10.6 Å². The van der Waals surface area contributed by atoms with E-state index in [0.717, 1.165) is 25.7 Å². The van der Waals surface area contributed by atoms with E-state index in [2.05, 4.69) is 0 Å².